The van der Waals surface area contributed by atoms with Crippen LogP contribution in [0.15, 0.2) is 43.9 Å². The first-order valence-electron chi connectivity index (χ1n) is 6.66. The zero-order chi connectivity index (χ0) is 17.5. The third-order valence-corrected chi connectivity index (χ3v) is 6.65. The molecule has 2 aromatic heterocycles. The van der Waals surface area contributed by atoms with E-state index in [1.54, 1.807) is 5.38 Å². The zero-order valence-corrected chi connectivity index (χ0v) is 14.6. The Bertz CT molecular complexity index is 990. The quantitative estimate of drug-likeness (QED) is 0.586. The van der Waals surface area contributed by atoms with Crippen molar-refractivity contribution in [3.8, 4) is 10.8 Å². The van der Waals surface area contributed by atoms with E-state index >= 15 is 0 Å². The smallest absolute Gasteiger partial charge is 0.435 e. The SMILES string of the molecule is CCS(=O)(=O)c1ccsc1-c1nc2cc(SC(F)(F)F)ccc2o1. The number of thioether (sulfide) groups is 1. The molecule has 3 rings (SSSR count). The molecule has 0 fully saturated rings. The summed E-state index contributed by atoms with van der Waals surface area (Å²) in [5.74, 6) is 0.0183. The van der Waals surface area contributed by atoms with Gasteiger partial charge in [-0.2, -0.15) is 13.2 Å². The summed E-state index contributed by atoms with van der Waals surface area (Å²) in [4.78, 5) is 4.60. The van der Waals surface area contributed by atoms with Crippen LogP contribution in [0.4, 0.5) is 13.2 Å². The highest BCUT2D eigenvalue weighted by Gasteiger charge is 2.29. The third-order valence-electron chi connectivity index (χ3n) is 3.13. The molecular weight excluding hydrogens is 383 g/mol. The van der Waals surface area contributed by atoms with Gasteiger partial charge in [-0.1, -0.05) is 6.92 Å². The molecule has 0 aliphatic carbocycles. The Morgan fingerprint density at radius 1 is 1.29 bits per heavy atom. The molecule has 0 saturated heterocycles. The molecule has 10 heteroatoms. The molecule has 0 atom stereocenters. The number of oxazole rings is 1. The summed E-state index contributed by atoms with van der Waals surface area (Å²) >= 11 is 0.912. The van der Waals surface area contributed by atoms with Gasteiger partial charge in [-0.25, -0.2) is 13.4 Å². The van der Waals surface area contributed by atoms with Gasteiger partial charge in [-0.15, -0.1) is 11.3 Å². The van der Waals surface area contributed by atoms with Gasteiger partial charge >= 0.3 is 5.51 Å². The van der Waals surface area contributed by atoms with E-state index < -0.39 is 15.3 Å². The van der Waals surface area contributed by atoms with E-state index in [1.165, 1.54) is 31.2 Å². The number of sulfone groups is 1. The van der Waals surface area contributed by atoms with Crippen LogP contribution in [0.3, 0.4) is 0 Å². The molecule has 0 bridgehead atoms. The number of hydrogen-bond donors (Lipinski definition) is 0. The van der Waals surface area contributed by atoms with Crippen LogP contribution in [0.5, 0.6) is 0 Å². The number of hydrogen-bond acceptors (Lipinski definition) is 6. The van der Waals surface area contributed by atoms with Gasteiger partial charge in [0.15, 0.2) is 15.4 Å². The summed E-state index contributed by atoms with van der Waals surface area (Å²) in [6.07, 6.45) is 0. The Morgan fingerprint density at radius 3 is 2.71 bits per heavy atom. The van der Waals surface area contributed by atoms with E-state index in [9.17, 15) is 21.6 Å². The standard InChI is InChI=1S/C14H10F3NO3S3/c1-2-24(19,20)11-5-6-22-12(11)13-18-9-7-8(23-14(15,16)17)3-4-10(9)21-13/h3-7H,2H2,1H3. The molecule has 128 valence electrons. The lowest BCUT2D eigenvalue weighted by molar-refractivity contribution is -0.0328. The summed E-state index contributed by atoms with van der Waals surface area (Å²) in [6, 6.07) is 5.41. The van der Waals surface area contributed by atoms with Gasteiger partial charge in [0.05, 0.1) is 10.6 Å². The van der Waals surface area contributed by atoms with Crippen molar-refractivity contribution in [2.75, 3.05) is 5.75 Å². The first kappa shape index (κ1) is 17.3. The molecular formula is C14H10F3NO3S3. The molecule has 0 unspecified atom stereocenters. The van der Waals surface area contributed by atoms with Gasteiger partial charge < -0.3 is 4.42 Å². The van der Waals surface area contributed by atoms with Gasteiger partial charge in [-0.05, 0) is 41.4 Å². The summed E-state index contributed by atoms with van der Waals surface area (Å²) < 4.78 is 67.0. The third kappa shape index (κ3) is 3.45. The monoisotopic (exact) mass is 393 g/mol. The predicted octanol–water partition coefficient (Wildman–Crippen LogP) is 4.96. The topological polar surface area (TPSA) is 60.2 Å². The molecule has 0 N–H and O–H groups in total. The molecule has 0 saturated carbocycles. The van der Waals surface area contributed by atoms with E-state index in [0.717, 1.165) is 11.3 Å². The van der Waals surface area contributed by atoms with E-state index in [0.29, 0.717) is 10.5 Å². The number of fused-ring (bicyclic) bond motifs is 1. The minimum atomic E-state index is -4.39. The second-order valence-electron chi connectivity index (χ2n) is 4.71. The highest BCUT2D eigenvalue weighted by atomic mass is 32.2. The Kier molecular flexibility index (Phi) is 4.39. The fraction of sp³-hybridized carbons (Fsp3) is 0.214. The predicted molar refractivity (Wildman–Crippen MR) is 87.0 cm³/mol. The number of rotatable bonds is 4. The lowest BCUT2D eigenvalue weighted by Gasteiger charge is -2.04. The average Bonchev–Trinajstić information content (AvgIpc) is 3.11. The van der Waals surface area contributed by atoms with E-state index in [-0.39, 0.29) is 38.7 Å². The van der Waals surface area contributed by atoms with Crippen LogP contribution in [-0.4, -0.2) is 24.7 Å². The van der Waals surface area contributed by atoms with Crippen molar-refractivity contribution < 1.29 is 26.0 Å². The molecule has 3 aromatic rings. The first-order chi connectivity index (χ1) is 11.2. The van der Waals surface area contributed by atoms with Crippen molar-refractivity contribution in [2.24, 2.45) is 0 Å². The Labute approximate surface area is 143 Å². The number of thiophene rings is 1. The number of nitrogens with zero attached hydrogens (tertiary/aromatic N) is 1. The Hall–Kier alpha value is -1.52. The minimum Gasteiger partial charge on any atom is -0.435 e. The summed E-state index contributed by atoms with van der Waals surface area (Å²) in [6.45, 7) is 1.53. The number of alkyl halides is 3. The van der Waals surface area contributed by atoms with Crippen molar-refractivity contribution >= 4 is 44.0 Å². The van der Waals surface area contributed by atoms with Crippen molar-refractivity contribution in [1.82, 2.24) is 4.98 Å². The molecule has 24 heavy (non-hydrogen) atoms. The van der Waals surface area contributed by atoms with E-state index in [4.69, 9.17) is 4.42 Å². The summed E-state index contributed by atoms with van der Waals surface area (Å²) in [5, 5.41) is 1.61. The largest absolute Gasteiger partial charge is 0.446 e. The van der Waals surface area contributed by atoms with Gasteiger partial charge in [0.25, 0.3) is 0 Å². The van der Waals surface area contributed by atoms with Crippen molar-refractivity contribution in [3.05, 3.63) is 29.6 Å². The number of halogens is 3. The molecule has 2 heterocycles. The van der Waals surface area contributed by atoms with Crippen LogP contribution in [-0.2, 0) is 9.84 Å². The second kappa shape index (κ2) is 6.08. The molecule has 1 aromatic carbocycles. The average molecular weight is 393 g/mol. The Balaban J connectivity index is 2.05. The number of benzene rings is 1. The molecule has 0 amide bonds. The van der Waals surface area contributed by atoms with E-state index in [1.807, 2.05) is 0 Å². The van der Waals surface area contributed by atoms with Gasteiger partial charge in [0, 0.05) is 4.90 Å². The van der Waals surface area contributed by atoms with Crippen LogP contribution in [0.25, 0.3) is 21.9 Å². The molecule has 0 spiro atoms. The molecule has 0 aliphatic rings. The minimum absolute atomic E-state index is 0.0116. The van der Waals surface area contributed by atoms with Crippen molar-refractivity contribution in [1.29, 1.82) is 0 Å². The van der Waals surface area contributed by atoms with Gasteiger partial charge in [0.2, 0.25) is 5.89 Å². The van der Waals surface area contributed by atoms with Crippen LogP contribution < -0.4 is 0 Å². The van der Waals surface area contributed by atoms with Crippen LogP contribution >= 0.6 is 23.1 Å². The summed E-state index contributed by atoms with van der Waals surface area (Å²) in [5.41, 5.74) is -3.85. The van der Waals surface area contributed by atoms with Crippen LogP contribution in [0, 0.1) is 0 Å². The van der Waals surface area contributed by atoms with Crippen LogP contribution in [0.1, 0.15) is 6.92 Å². The van der Waals surface area contributed by atoms with Gasteiger partial charge in [0.1, 0.15) is 10.4 Å². The molecule has 0 aliphatic heterocycles. The van der Waals surface area contributed by atoms with Crippen LogP contribution in [0.2, 0.25) is 0 Å². The highest BCUT2D eigenvalue weighted by molar-refractivity contribution is 8.00. The lowest BCUT2D eigenvalue weighted by Crippen LogP contribution is -2.03. The lowest BCUT2D eigenvalue weighted by atomic mass is 10.3. The number of aromatic nitrogens is 1. The molecule has 0 radical (unpaired) electrons. The van der Waals surface area contributed by atoms with Gasteiger partial charge in [-0.3, -0.25) is 0 Å². The normalized spacial score (nSPS) is 12.8. The maximum Gasteiger partial charge on any atom is 0.446 e. The van der Waals surface area contributed by atoms with Crippen molar-refractivity contribution in [3.63, 3.8) is 0 Å². The maximum absolute atomic E-state index is 12.4. The highest BCUT2D eigenvalue weighted by Crippen LogP contribution is 2.39. The van der Waals surface area contributed by atoms with E-state index in [2.05, 4.69) is 4.98 Å². The fourth-order valence-electron chi connectivity index (χ4n) is 2.06. The first-order valence-corrected chi connectivity index (χ1v) is 10.0. The zero-order valence-electron chi connectivity index (χ0n) is 12.1. The Morgan fingerprint density at radius 2 is 2.04 bits per heavy atom. The fourth-order valence-corrected chi connectivity index (χ4v) is 4.91. The second-order valence-corrected chi connectivity index (χ2v) is 9.01. The summed E-state index contributed by atoms with van der Waals surface area (Å²) in [7, 11) is -3.45. The molecule has 4 nitrogen and oxygen atoms in total. The maximum atomic E-state index is 12.4. The van der Waals surface area contributed by atoms with Crippen molar-refractivity contribution in [2.45, 2.75) is 22.2 Å².